The summed E-state index contributed by atoms with van der Waals surface area (Å²) in [6.07, 6.45) is 2.21. The van der Waals surface area contributed by atoms with Crippen molar-refractivity contribution in [3.63, 3.8) is 0 Å². The highest BCUT2D eigenvalue weighted by atomic mass is 28.4. The number of carbonyl (C=O) groups excluding carboxylic acids is 1. The van der Waals surface area contributed by atoms with Gasteiger partial charge in [0, 0.05) is 0 Å². The molecule has 0 amide bonds. The van der Waals surface area contributed by atoms with Gasteiger partial charge in [0.1, 0.15) is 18.3 Å². The molecule has 0 N–H and O–H groups in total. The number of benzene rings is 1. The molecule has 0 aromatic heterocycles. The minimum Gasteiger partial charge on any atom is -0.542 e. The lowest BCUT2D eigenvalue weighted by atomic mass is 9.99. The summed E-state index contributed by atoms with van der Waals surface area (Å²) in [4.78, 5) is 13.8. The summed E-state index contributed by atoms with van der Waals surface area (Å²) in [7, 11) is -8.94. The van der Waals surface area contributed by atoms with E-state index in [1.807, 2.05) is 24.3 Å². The van der Waals surface area contributed by atoms with Crippen molar-refractivity contribution < 1.29 is 27.5 Å². The quantitative estimate of drug-likeness (QED) is 0.114. The number of rotatable bonds is 13. The van der Waals surface area contributed by atoms with Crippen LogP contribution >= 0.6 is 0 Å². The first-order chi connectivity index (χ1) is 21.9. The minimum atomic E-state index is -2.51. The molecule has 1 aliphatic heterocycles. The van der Waals surface area contributed by atoms with Crippen molar-refractivity contribution in [3.8, 4) is 0 Å². The summed E-state index contributed by atoms with van der Waals surface area (Å²) < 4.78 is 35.6. The van der Waals surface area contributed by atoms with E-state index in [4.69, 9.17) is 22.8 Å². The Hall–Kier alpha value is -1.54. The van der Waals surface area contributed by atoms with E-state index in [1.165, 1.54) is 0 Å². The maximum atomic E-state index is 13.8. The van der Waals surface area contributed by atoms with E-state index < -0.39 is 63.4 Å². The Bertz CT molecular complexity index is 1340. The largest absolute Gasteiger partial charge is 0.542 e. The second-order valence-corrected chi connectivity index (χ2v) is 38.6. The molecule has 49 heavy (non-hydrogen) atoms. The number of hydrogen-bond donors (Lipinski definition) is 0. The lowest BCUT2D eigenvalue weighted by Gasteiger charge is -2.50. The van der Waals surface area contributed by atoms with Crippen LogP contribution in [-0.2, 0) is 22.8 Å². The zero-order chi connectivity index (χ0) is 38.0. The Morgan fingerprint density at radius 2 is 1.31 bits per heavy atom. The summed E-state index contributed by atoms with van der Waals surface area (Å²) >= 11 is 0. The standard InChI is InChI=1S/C39H70O6Si4/c1-20-24-30-32(42-36(40)29-25-22-21-23-26-29)34(44-48(16,17)38(5,6)7)35(45-49(18,19)39(8,9)10)33(41-30)31(27-28-46(11,12)13)43-47(14,15)37(2,3)4/h20-23,25-28,30-31,33,35H,1,24H2,2-19H3/b28-27+/t30?,31?,33-,35?/m0/s1. The maximum Gasteiger partial charge on any atom is 0.343 e. The van der Waals surface area contributed by atoms with Gasteiger partial charge in [-0.3, -0.25) is 0 Å². The number of esters is 1. The molecule has 4 atom stereocenters. The zero-order valence-electron chi connectivity index (χ0n) is 34.3. The molecule has 0 bridgehead atoms. The molecule has 0 spiro atoms. The summed E-state index contributed by atoms with van der Waals surface area (Å²) in [5, 5.41) is -0.273. The van der Waals surface area contributed by atoms with Crippen LogP contribution in [-0.4, -0.2) is 63.4 Å². The average Bonchev–Trinajstić information content (AvgIpc) is 2.92. The molecule has 3 unspecified atom stereocenters. The van der Waals surface area contributed by atoms with Crippen molar-refractivity contribution in [3.05, 3.63) is 71.8 Å². The Labute approximate surface area is 304 Å². The highest BCUT2D eigenvalue weighted by Gasteiger charge is 2.53. The van der Waals surface area contributed by atoms with E-state index in [1.54, 1.807) is 12.1 Å². The van der Waals surface area contributed by atoms with Crippen molar-refractivity contribution in [2.75, 3.05) is 0 Å². The molecule has 0 radical (unpaired) electrons. The second-order valence-electron chi connectivity index (χ2n) is 19.3. The van der Waals surface area contributed by atoms with Gasteiger partial charge in [-0.2, -0.15) is 0 Å². The first-order valence-corrected chi connectivity index (χ1v) is 30.3. The van der Waals surface area contributed by atoms with Gasteiger partial charge in [-0.05, 0) is 73.0 Å². The van der Waals surface area contributed by atoms with Crippen molar-refractivity contribution in [2.24, 2.45) is 0 Å². The van der Waals surface area contributed by atoms with E-state index in [0.717, 1.165) is 0 Å². The topological polar surface area (TPSA) is 63.2 Å². The Morgan fingerprint density at radius 1 is 0.796 bits per heavy atom. The highest BCUT2D eigenvalue weighted by molar-refractivity contribution is 6.81. The van der Waals surface area contributed by atoms with Crippen LogP contribution in [0.3, 0.4) is 0 Å². The predicted molar refractivity (Wildman–Crippen MR) is 217 cm³/mol. The number of carbonyl (C=O) groups is 1. The minimum absolute atomic E-state index is 0.0318. The molecular weight excluding hydrogens is 677 g/mol. The van der Waals surface area contributed by atoms with E-state index in [0.29, 0.717) is 23.5 Å². The predicted octanol–water partition coefficient (Wildman–Crippen LogP) is 11.6. The van der Waals surface area contributed by atoms with Crippen LogP contribution in [0.15, 0.2) is 66.3 Å². The summed E-state index contributed by atoms with van der Waals surface area (Å²) in [5.41, 5.74) is 2.81. The fraction of sp³-hybridized carbons (Fsp3) is 0.667. The van der Waals surface area contributed by atoms with Gasteiger partial charge in [-0.25, -0.2) is 4.79 Å². The first kappa shape index (κ1) is 43.6. The third kappa shape index (κ3) is 11.5. The molecule has 0 aliphatic carbocycles. The van der Waals surface area contributed by atoms with Crippen molar-refractivity contribution in [1.82, 2.24) is 0 Å². The van der Waals surface area contributed by atoms with Crippen LogP contribution in [0.25, 0.3) is 0 Å². The third-order valence-electron chi connectivity index (χ3n) is 10.8. The van der Waals surface area contributed by atoms with Crippen molar-refractivity contribution in [1.29, 1.82) is 0 Å². The van der Waals surface area contributed by atoms with E-state index in [-0.39, 0.29) is 15.1 Å². The van der Waals surface area contributed by atoms with Gasteiger partial charge in [-0.1, -0.05) is 118 Å². The smallest absolute Gasteiger partial charge is 0.343 e. The van der Waals surface area contributed by atoms with Crippen LogP contribution in [0.4, 0.5) is 0 Å². The fourth-order valence-corrected chi connectivity index (χ4v) is 8.77. The molecule has 278 valence electrons. The van der Waals surface area contributed by atoms with Gasteiger partial charge in [0.2, 0.25) is 8.32 Å². The van der Waals surface area contributed by atoms with Crippen molar-refractivity contribution >= 4 is 39.0 Å². The molecule has 1 aromatic carbocycles. The summed E-state index contributed by atoms with van der Waals surface area (Å²) in [6.45, 7) is 44.7. The van der Waals surface area contributed by atoms with Crippen molar-refractivity contribution in [2.45, 2.75) is 167 Å². The Kier molecular flexibility index (Phi) is 13.9. The number of ether oxygens (including phenoxy) is 2. The average molecular weight is 747 g/mol. The van der Waals surface area contributed by atoms with Crippen LogP contribution in [0.5, 0.6) is 0 Å². The molecule has 6 nitrogen and oxygen atoms in total. The van der Waals surface area contributed by atoms with Gasteiger partial charge in [0.05, 0.1) is 19.7 Å². The molecule has 1 aromatic rings. The lowest BCUT2D eigenvalue weighted by molar-refractivity contribution is -0.125. The molecule has 2 rings (SSSR count). The van der Waals surface area contributed by atoms with Crippen LogP contribution in [0, 0.1) is 0 Å². The van der Waals surface area contributed by atoms with Crippen LogP contribution in [0.2, 0.25) is 74.0 Å². The summed E-state index contributed by atoms with van der Waals surface area (Å²) in [6, 6.07) is 9.09. The molecule has 10 heteroatoms. The summed E-state index contributed by atoms with van der Waals surface area (Å²) in [5.74, 6) is 0.481. The second kappa shape index (κ2) is 15.6. The maximum absolute atomic E-state index is 13.8. The number of hydrogen-bond acceptors (Lipinski definition) is 6. The normalized spacial score (nSPS) is 21.1. The van der Waals surface area contributed by atoms with E-state index in [2.05, 4.69) is 140 Å². The monoisotopic (exact) mass is 746 g/mol. The fourth-order valence-electron chi connectivity index (χ4n) is 4.45. The third-order valence-corrected chi connectivity index (χ3v) is 25.2. The molecule has 1 aliphatic rings. The first-order valence-electron chi connectivity index (χ1n) is 18.0. The SMILES string of the molecule is C=CCC1O[C@@H](C(/C=C/[Si](C)(C)C)O[Si](C)(C)C(C)(C)C)C(O[Si](C)(C)C(C)(C)C)C(O[Si](C)(C)C(C)(C)C)=C1OC(=O)c1ccccc1. The van der Waals surface area contributed by atoms with E-state index in [9.17, 15) is 4.79 Å². The highest BCUT2D eigenvalue weighted by Crippen LogP contribution is 2.47. The van der Waals surface area contributed by atoms with Gasteiger partial charge in [0.25, 0.3) is 0 Å². The van der Waals surface area contributed by atoms with Gasteiger partial charge in [0.15, 0.2) is 28.2 Å². The van der Waals surface area contributed by atoms with Crippen LogP contribution in [0.1, 0.15) is 79.1 Å². The van der Waals surface area contributed by atoms with Crippen LogP contribution < -0.4 is 0 Å². The zero-order valence-corrected chi connectivity index (χ0v) is 38.3. The molecule has 0 fully saturated rings. The Morgan fingerprint density at radius 3 is 1.76 bits per heavy atom. The van der Waals surface area contributed by atoms with E-state index >= 15 is 0 Å². The molecular formula is C39H70O6Si4. The lowest BCUT2D eigenvalue weighted by Crippen LogP contribution is -2.58. The molecule has 0 saturated carbocycles. The molecule has 0 saturated heterocycles. The molecule has 1 heterocycles. The Balaban J connectivity index is 3.06. The van der Waals surface area contributed by atoms with Gasteiger partial charge < -0.3 is 22.8 Å². The van der Waals surface area contributed by atoms with Gasteiger partial charge in [-0.15, -0.1) is 6.58 Å². The van der Waals surface area contributed by atoms with Gasteiger partial charge >= 0.3 is 5.97 Å².